The van der Waals surface area contributed by atoms with Crippen LogP contribution in [0.5, 0.6) is 0 Å². The Morgan fingerprint density at radius 3 is 2.42 bits per heavy atom. The van der Waals surface area contributed by atoms with Crippen molar-refractivity contribution in [3.8, 4) is 0 Å². The van der Waals surface area contributed by atoms with E-state index in [0.29, 0.717) is 11.9 Å². The summed E-state index contributed by atoms with van der Waals surface area (Å²) >= 11 is 6.27. The maximum Gasteiger partial charge on any atom is 0.229 e. The average molecular weight is 487 g/mol. The quantitative estimate of drug-likeness (QED) is 0.452. The van der Waals surface area contributed by atoms with Gasteiger partial charge in [0, 0.05) is 6.04 Å². The molecule has 2 aliphatic carbocycles. The molecule has 0 spiro atoms. The molecule has 0 aliphatic heterocycles. The average Bonchev–Trinajstić information content (AvgIpc) is 3.22. The van der Waals surface area contributed by atoms with Crippen molar-refractivity contribution in [1.82, 2.24) is 15.0 Å². The zero-order valence-corrected chi connectivity index (χ0v) is 22.6. The summed E-state index contributed by atoms with van der Waals surface area (Å²) in [5.41, 5.74) is 2.77. The van der Waals surface area contributed by atoms with Gasteiger partial charge < -0.3 is 15.1 Å². The van der Waals surface area contributed by atoms with Crippen LogP contribution in [0.2, 0.25) is 23.4 Å². The summed E-state index contributed by atoms with van der Waals surface area (Å²) in [5.74, 6) is 1.01. The third kappa shape index (κ3) is 5.36. The molecule has 1 fully saturated rings. The van der Waals surface area contributed by atoms with Gasteiger partial charge in [0.2, 0.25) is 17.2 Å². The number of hydrogen-bond acceptors (Lipinski definition) is 6. The molecule has 1 heterocycles. The molecule has 2 aliphatic rings. The van der Waals surface area contributed by atoms with E-state index < -0.39 is 8.32 Å². The third-order valence-corrected chi connectivity index (χ3v) is 12.2. The highest BCUT2D eigenvalue weighted by molar-refractivity contribution is 6.74. The molecule has 0 saturated heterocycles. The van der Waals surface area contributed by atoms with E-state index in [1.165, 1.54) is 11.1 Å². The number of hydrogen-bond donors (Lipinski definition) is 2. The normalized spacial score (nSPS) is 24.5. The second-order valence-electron chi connectivity index (χ2n) is 11.6. The maximum atomic E-state index is 6.57. The summed E-state index contributed by atoms with van der Waals surface area (Å²) in [7, 11) is -1.80. The topological polar surface area (TPSA) is 72.0 Å². The summed E-state index contributed by atoms with van der Waals surface area (Å²) < 4.78 is 6.57. The van der Waals surface area contributed by atoms with Crippen molar-refractivity contribution in [1.29, 1.82) is 0 Å². The van der Waals surface area contributed by atoms with Gasteiger partial charge in [0.05, 0.1) is 12.1 Å². The number of rotatable bonds is 6. The Morgan fingerprint density at radius 1 is 1.06 bits per heavy atom. The van der Waals surface area contributed by atoms with Crippen LogP contribution in [0.1, 0.15) is 71.0 Å². The minimum Gasteiger partial charge on any atom is -0.414 e. The van der Waals surface area contributed by atoms with E-state index in [-0.39, 0.29) is 33.9 Å². The highest BCUT2D eigenvalue weighted by Gasteiger charge is 2.41. The molecule has 3 atom stereocenters. The molecule has 1 aromatic heterocycles. The predicted octanol–water partition coefficient (Wildman–Crippen LogP) is 6.53. The Bertz CT molecular complexity index is 1010. The smallest absolute Gasteiger partial charge is 0.229 e. The van der Waals surface area contributed by atoms with E-state index in [9.17, 15) is 0 Å². The Morgan fingerprint density at radius 2 is 1.73 bits per heavy atom. The Balaban J connectivity index is 1.42. The molecule has 2 aromatic rings. The van der Waals surface area contributed by atoms with Crippen molar-refractivity contribution in [2.24, 2.45) is 0 Å². The first kappa shape index (κ1) is 24.4. The van der Waals surface area contributed by atoms with Gasteiger partial charge in [-0.25, -0.2) is 0 Å². The van der Waals surface area contributed by atoms with Crippen molar-refractivity contribution in [2.45, 2.75) is 95.6 Å². The molecule has 33 heavy (non-hydrogen) atoms. The summed E-state index contributed by atoms with van der Waals surface area (Å²) in [6.45, 7) is 16.0. The molecule has 1 aromatic carbocycles. The van der Waals surface area contributed by atoms with E-state index in [4.69, 9.17) is 16.0 Å². The number of halogens is 1. The zero-order chi connectivity index (χ0) is 24.0. The van der Waals surface area contributed by atoms with Gasteiger partial charge in [-0.1, -0.05) is 58.9 Å². The van der Waals surface area contributed by atoms with Gasteiger partial charge in [0.1, 0.15) is 0 Å². The fourth-order valence-electron chi connectivity index (χ4n) is 4.65. The first-order chi connectivity index (χ1) is 15.3. The molecule has 179 valence electrons. The standard InChI is InChI=1S/C25H37ClN5OSi/c1-24(2,3)33(6,7)32-17-13-12-16(14-17)27-22-29-21(26)30-23(31-22)28-20-15-25(4,5)19-11-9-8-10-18(19)20/h8-11,13,16-17,20H,12,14-15H2,1-7H3,(H2,27,28,29,30,31)/t16-,17+,20+/m0/s1. The lowest BCUT2D eigenvalue weighted by molar-refractivity contribution is 0.215. The third-order valence-electron chi connectivity index (χ3n) is 7.48. The van der Waals surface area contributed by atoms with Crippen LogP contribution in [-0.2, 0) is 9.84 Å². The molecule has 1 radical (unpaired) electrons. The molecular formula is C25H37ClN5OSi. The molecule has 0 unspecified atom stereocenters. The van der Waals surface area contributed by atoms with Crippen LogP contribution in [0.4, 0.5) is 11.9 Å². The number of fused-ring (bicyclic) bond motifs is 1. The molecule has 2 N–H and O–H groups in total. The van der Waals surface area contributed by atoms with E-state index >= 15 is 0 Å². The maximum absolute atomic E-state index is 6.57. The highest BCUT2D eigenvalue weighted by atomic mass is 35.5. The van der Waals surface area contributed by atoms with Crippen molar-refractivity contribution < 1.29 is 4.43 Å². The van der Waals surface area contributed by atoms with Crippen LogP contribution < -0.4 is 10.6 Å². The Hall–Kier alpha value is -1.70. The van der Waals surface area contributed by atoms with E-state index in [2.05, 4.69) is 104 Å². The van der Waals surface area contributed by atoms with Crippen LogP contribution in [0.3, 0.4) is 0 Å². The minimum atomic E-state index is -1.80. The summed E-state index contributed by atoms with van der Waals surface area (Å²) in [6, 6.07) is 8.94. The van der Waals surface area contributed by atoms with Crippen LogP contribution in [-0.4, -0.2) is 35.4 Å². The number of nitrogens with one attached hydrogen (secondary N) is 2. The predicted molar refractivity (Wildman–Crippen MR) is 138 cm³/mol. The van der Waals surface area contributed by atoms with Gasteiger partial charge >= 0.3 is 0 Å². The van der Waals surface area contributed by atoms with Crippen LogP contribution >= 0.6 is 11.6 Å². The SMILES string of the molecule is CC1(C)C[C@@H](Nc2nc(Cl)nc(N[C@H]3C[CH][C@@H](O[Si](C)(C)C(C)(C)C)C3)n2)c2ccccc21. The van der Waals surface area contributed by atoms with E-state index in [1.54, 1.807) is 0 Å². The van der Waals surface area contributed by atoms with Crippen molar-refractivity contribution >= 4 is 31.8 Å². The molecule has 8 heteroatoms. The molecule has 4 rings (SSSR count). The number of nitrogens with zero attached hydrogens (tertiary/aromatic N) is 3. The van der Waals surface area contributed by atoms with Gasteiger partial charge in [-0.3, -0.25) is 0 Å². The summed E-state index contributed by atoms with van der Waals surface area (Å²) in [4.78, 5) is 13.3. The molecular weight excluding hydrogens is 450 g/mol. The molecule has 6 nitrogen and oxygen atoms in total. The number of benzene rings is 1. The summed E-state index contributed by atoms with van der Waals surface area (Å²) in [5, 5.41) is 7.34. The lowest BCUT2D eigenvalue weighted by Gasteiger charge is -2.38. The second kappa shape index (κ2) is 8.82. The van der Waals surface area contributed by atoms with Gasteiger partial charge in [-0.15, -0.1) is 0 Å². The Kier molecular flexibility index (Phi) is 6.53. The summed E-state index contributed by atoms with van der Waals surface area (Å²) in [6.07, 6.45) is 5.23. The van der Waals surface area contributed by atoms with Gasteiger partial charge in [0.25, 0.3) is 0 Å². The monoisotopic (exact) mass is 486 g/mol. The molecule has 0 amide bonds. The fourth-order valence-corrected chi connectivity index (χ4v) is 6.11. The first-order valence-corrected chi connectivity index (χ1v) is 15.2. The van der Waals surface area contributed by atoms with Crippen LogP contribution in [0, 0.1) is 6.42 Å². The minimum absolute atomic E-state index is 0.102. The second-order valence-corrected chi connectivity index (χ2v) is 16.7. The van der Waals surface area contributed by atoms with Crippen LogP contribution in [0.15, 0.2) is 24.3 Å². The largest absolute Gasteiger partial charge is 0.414 e. The van der Waals surface area contributed by atoms with Gasteiger partial charge in [-0.2, -0.15) is 15.0 Å². The molecule has 1 saturated carbocycles. The van der Waals surface area contributed by atoms with Crippen molar-refractivity contribution in [2.75, 3.05) is 10.6 Å². The lowest BCUT2D eigenvalue weighted by Crippen LogP contribution is -2.43. The van der Waals surface area contributed by atoms with E-state index in [0.717, 1.165) is 19.3 Å². The Labute approximate surface area is 204 Å². The first-order valence-electron chi connectivity index (χ1n) is 11.9. The highest BCUT2D eigenvalue weighted by Crippen LogP contribution is 2.45. The van der Waals surface area contributed by atoms with Crippen LogP contribution in [0.25, 0.3) is 0 Å². The van der Waals surface area contributed by atoms with Crippen molar-refractivity contribution in [3.05, 3.63) is 47.1 Å². The number of anilines is 2. The van der Waals surface area contributed by atoms with Gasteiger partial charge in [-0.05, 0) is 72.0 Å². The number of aromatic nitrogens is 3. The van der Waals surface area contributed by atoms with Gasteiger partial charge in [0.15, 0.2) is 8.32 Å². The lowest BCUT2D eigenvalue weighted by atomic mass is 9.86. The zero-order valence-electron chi connectivity index (χ0n) is 20.9. The van der Waals surface area contributed by atoms with Crippen molar-refractivity contribution in [3.63, 3.8) is 0 Å². The fraction of sp³-hybridized carbons (Fsp3) is 0.600. The van der Waals surface area contributed by atoms with E-state index in [1.807, 2.05) is 0 Å². The molecule has 0 bridgehead atoms.